The van der Waals surface area contributed by atoms with Crippen molar-refractivity contribution in [1.29, 1.82) is 0 Å². The normalized spacial score (nSPS) is 22.9. The highest BCUT2D eigenvalue weighted by molar-refractivity contribution is 5.90. The second kappa shape index (κ2) is 7.11. The monoisotopic (exact) mass is 413 g/mol. The lowest BCUT2D eigenvalue weighted by atomic mass is 9.72. The van der Waals surface area contributed by atoms with Gasteiger partial charge in [-0.05, 0) is 30.2 Å². The van der Waals surface area contributed by atoms with Gasteiger partial charge in [0.2, 0.25) is 5.88 Å². The van der Waals surface area contributed by atoms with E-state index >= 15 is 0 Å². The van der Waals surface area contributed by atoms with Gasteiger partial charge in [-0.3, -0.25) is 9.88 Å². The van der Waals surface area contributed by atoms with E-state index in [-0.39, 0.29) is 5.54 Å². The van der Waals surface area contributed by atoms with Crippen LogP contribution in [0.2, 0.25) is 0 Å². The van der Waals surface area contributed by atoms with Gasteiger partial charge in [-0.2, -0.15) is 0 Å². The molecule has 156 valence electrons. The molecule has 0 spiro atoms. The first kappa shape index (κ1) is 18.4. The van der Waals surface area contributed by atoms with Crippen LogP contribution >= 0.6 is 0 Å². The molecule has 2 aliphatic heterocycles. The fraction of sp³-hybridized carbons (Fsp3) is 0.304. The lowest BCUT2D eigenvalue weighted by Crippen LogP contribution is -2.73. The van der Waals surface area contributed by atoms with E-state index in [4.69, 9.17) is 9.72 Å². The molecule has 2 fully saturated rings. The molecule has 4 aromatic heterocycles. The molecule has 31 heavy (non-hydrogen) atoms. The Morgan fingerprint density at radius 1 is 1.10 bits per heavy atom. The van der Waals surface area contributed by atoms with E-state index in [1.807, 2.05) is 30.7 Å². The van der Waals surface area contributed by atoms with Crippen LogP contribution in [0.4, 0.5) is 0 Å². The third-order valence-corrected chi connectivity index (χ3v) is 6.59. The van der Waals surface area contributed by atoms with Gasteiger partial charge in [0, 0.05) is 61.3 Å². The van der Waals surface area contributed by atoms with E-state index in [1.54, 1.807) is 13.4 Å². The third-order valence-electron chi connectivity index (χ3n) is 6.59. The van der Waals surface area contributed by atoms with E-state index in [2.05, 4.69) is 48.4 Å². The Kier molecular flexibility index (Phi) is 4.22. The van der Waals surface area contributed by atoms with E-state index in [0.717, 1.165) is 54.0 Å². The standard InChI is InChI=1S/C23H23N7O/c1-31-20-5-2-15(9-27-20)12-30-17-8-23(30,13-24-11-17)19-4-3-16(10-26-19)21-18-6-7-25-22(18)29-14-28-21/h2-7,9-10,14,17,24H,8,11-13H2,1H3,(H,25,28,29). The fourth-order valence-corrected chi connectivity index (χ4v) is 5.01. The zero-order valence-corrected chi connectivity index (χ0v) is 17.2. The molecule has 2 bridgehead atoms. The van der Waals surface area contributed by atoms with E-state index in [1.165, 1.54) is 5.56 Å². The van der Waals surface area contributed by atoms with E-state index < -0.39 is 0 Å². The Bertz CT molecular complexity index is 1220. The first-order valence-electron chi connectivity index (χ1n) is 10.5. The Balaban J connectivity index is 1.30. The number of pyridine rings is 2. The molecule has 0 saturated carbocycles. The molecule has 0 amide bonds. The molecule has 6 heterocycles. The predicted octanol–water partition coefficient (Wildman–Crippen LogP) is 2.50. The van der Waals surface area contributed by atoms with Crippen molar-refractivity contribution in [3.05, 3.63) is 66.5 Å². The quantitative estimate of drug-likeness (QED) is 0.519. The zero-order valence-electron chi connectivity index (χ0n) is 17.2. The molecule has 0 aliphatic carbocycles. The number of rotatable bonds is 5. The summed E-state index contributed by atoms with van der Waals surface area (Å²) >= 11 is 0. The number of piperazine rings is 1. The number of nitrogens with one attached hydrogen (secondary N) is 2. The number of H-pyrrole nitrogens is 1. The molecule has 0 aromatic carbocycles. The van der Waals surface area contributed by atoms with Crippen molar-refractivity contribution in [2.45, 2.75) is 24.5 Å². The molecule has 2 unspecified atom stereocenters. The largest absolute Gasteiger partial charge is 0.481 e. The van der Waals surface area contributed by atoms with Crippen LogP contribution in [0.15, 0.2) is 55.2 Å². The summed E-state index contributed by atoms with van der Waals surface area (Å²) in [6.45, 7) is 2.76. The van der Waals surface area contributed by atoms with Crippen LogP contribution in [0.3, 0.4) is 0 Å². The molecule has 2 aliphatic rings. The number of aromatic nitrogens is 5. The summed E-state index contributed by atoms with van der Waals surface area (Å²) in [5.41, 5.74) is 4.93. The first-order valence-corrected chi connectivity index (χ1v) is 10.5. The SMILES string of the molecule is COc1ccc(CN2C3CNCC2(c2ccc(-c4ncnc5[nH]ccc45)cn2)C3)cn1. The molecular weight excluding hydrogens is 390 g/mol. The van der Waals surface area contributed by atoms with Crippen molar-refractivity contribution in [1.82, 2.24) is 35.1 Å². The molecule has 2 saturated heterocycles. The lowest BCUT2D eigenvalue weighted by Gasteiger charge is -2.62. The van der Waals surface area contributed by atoms with Crippen LogP contribution in [0, 0.1) is 0 Å². The van der Waals surface area contributed by atoms with Crippen LogP contribution in [0.5, 0.6) is 5.88 Å². The van der Waals surface area contributed by atoms with Crippen LogP contribution in [0.25, 0.3) is 22.3 Å². The van der Waals surface area contributed by atoms with Gasteiger partial charge in [0.05, 0.1) is 24.0 Å². The number of methoxy groups -OCH3 is 1. The highest BCUT2D eigenvalue weighted by Gasteiger charge is 2.55. The number of hydrogen-bond acceptors (Lipinski definition) is 7. The smallest absolute Gasteiger partial charge is 0.212 e. The molecule has 0 radical (unpaired) electrons. The number of ether oxygens (including phenoxy) is 1. The van der Waals surface area contributed by atoms with Gasteiger partial charge < -0.3 is 15.0 Å². The minimum atomic E-state index is -0.0869. The van der Waals surface area contributed by atoms with Crippen molar-refractivity contribution in [2.24, 2.45) is 0 Å². The van der Waals surface area contributed by atoms with Crippen LogP contribution in [0.1, 0.15) is 17.7 Å². The van der Waals surface area contributed by atoms with Gasteiger partial charge >= 0.3 is 0 Å². The summed E-state index contributed by atoms with van der Waals surface area (Å²) in [5, 5.41) is 4.59. The fourth-order valence-electron chi connectivity index (χ4n) is 5.01. The summed E-state index contributed by atoms with van der Waals surface area (Å²) in [7, 11) is 1.64. The highest BCUT2D eigenvalue weighted by atomic mass is 16.5. The van der Waals surface area contributed by atoms with Crippen molar-refractivity contribution in [3.63, 3.8) is 0 Å². The van der Waals surface area contributed by atoms with Gasteiger partial charge in [-0.1, -0.05) is 6.07 Å². The van der Waals surface area contributed by atoms with E-state index in [0.29, 0.717) is 11.9 Å². The van der Waals surface area contributed by atoms with E-state index in [9.17, 15) is 0 Å². The maximum Gasteiger partial charge on any atom is 0.212 e. The summed E-state index contributed by atoms with van der Waals surface area (Å²) in [5.74, 6) is 0.641. The summed E-state index contributed by atoms with van der Waals surface area (Å²) in [4.78, 5) is 23.8. The topological polar surface area (TPSA) is 91.8 Å². The minimum absolute atomic E-state index is 0.0869. The van der Waals surface area contributed by atoms with Crippen molar-refractivity contribution in [2.75, 3.05) is 20.2 Å². The molecule has 4 aromatic rings. The van der Waals surface area contributed by atoms with Gasteiger partial charge in [-0.15, -0.1) is 0 Å². The van der Waals surface area contributed by atoms with Crippen LogP contribution < -0.4 is 10.1 Å². The average molecular weight is 413 g/mol. The average Bonchev–Trinajstić information content (AvgIpc) is 3.32. The Morgan fingerprint density at radius 3 is 2.84 bits per heavy atom. The summed E-state index contributed by atoms with van der Waals surface area (Å²) < 4.78 is 5.19. The van der Waals surface area contributed by atoms with Crippen LogP contribution in [-0.4, -0.2) is 56.1 Å². The second-order valence-corrected chi connectivity index (χ2v) is 8.25. The number of hydrogen-bond donors (Lipinski definition) is 2. The van der Waals surface area contributed by atoms with Crippen molar-refractivity contribution < 1.29 is 4.74 Å². The van der Waals surface area contributed by atoms with Crippen LogP contribution in [-0.2, 0) is 12.1 Å². The molecule has 8 heteroatoms. The Morgan fingerprint density at radius 2 is 2.06 bits per heavy atom. The summed E-state index contributed by atoms with van der Waals surface area (Å²) in [6.07, 6.45) is 8.44. The molecule has 8 nitrogen and oxygen atoms in total. The maximum absolute atomic E-state index is 5.19. The van der Waals surface area contributed by atoms with Crippen molar-refractivity contribution in [3.8, 4) is 17.1 Å². The third kappa shape index (κ3) is 2.90. The molecule has 2 atom stereocenters. The lowest BCUT2D eigenvalue weighted by molar-refractivity contribution is -0.114. The van der Waals surface area contributed by atoms with Gasteiger partial charge in [0.15, 0.2) is 0 Å². The summed E-state index contributed by atoms with van der Waals surface area (Å²) in [6, 6.07) is 10.8. The number of aromatic amines is 1. The zero-order chi connectivity index (χ0) is 20.8. The number of nitrogens with zero attached hydrogens (tertiary/aromatic N) is 5. The first-order chi connectivity index (χ1) is 15.3. The second-order valence-electron chi connectivity index (χ2n) is 8.25. The predicted molar refractivity (Wildman–Crippen MR) is 116 cm³/mol. The molecule has 6 rings (SSSR count). The number of piperidine rings is 1. The highest BCUT2D eigenvalue weighted by Crippen LogP contribution is 2.47. The number of fused-ring (bicyclic) bond motifs is 3. The molecule has 2 N–H and O–H groups in total. The molecular formula is C23H23N7O. The maximum atomic E-state index is 5.19. The van der Waals surface area contributed by atoms with Gasteiger partial charge in [0.25, 0.3) is 0 Å². The Labute approximate surface area is 179 Å². The van der Waals surface area contributed by atoms with Crippen molar-refractivity contribution >= 4 is 11.0 Å². The van der Waals surface area contributed by atoms with Gasteiger partial charge in [-0.25, -0.2) is 15.0 Å². The van der Waals surface area contributed by atoms with Gasteiger partial charge in [0.1, 0.15) is 12.0 Å². The minimum Gasteiger partial charge on any atom is -0.481 e. The Hall–Kier alpha value is -3.36.